The molecule has 1 N–H and O–H groups in total. The van der Waals surface area contributed by atoms with Crippen LogP contribution < -0.4 is 0 Å². The molecule has 2 heterocycles. The predicted molar refractivity (Wildman–Crippen MR) is 81.9 cm³/mol. The standard InChI is InChI=1S/C18H24O3/c1-5-17(4)10-11-18(12(2)3)20-15(16(17)21-18)13-6-8-14(19)9-7-13/h5-9,12,15-16,19H,1,10-11H2,2-4H3/t15-,16-,17-,18-/m1/s1. The molecule has 0 amide bonds. The van der Waals surface area contributed by atoms with Crippen LogP contribution in [0.5, 0.6) is 5.75 Å². The van der Waals surface area contributed by atoms with Gasteiger partial charge in [-0.2, -0.15) is 0 Å². The Hall–Kier alpha value is -1.32. The highest BCUT2D eigenvalue weighted by molar-refractivity contribution is 5.30. The average molecular weight is 288 g/mol. The molecule has 0 aliphatic carbocycles. The second-order valence-electron chi connectivity index (χ2n) is 6.84. The molecule has 1 aromatic carbocycles. The van der Waals surface area contributed by atoms with Crippen molar-refractivity contribution in [3.8, 4) is 5.75 Å². The molecule has 0 radical (unpaired) electrons. The van der Waals surface area contributed by atoms with Crippen molar-refractivity contribution < 1.29 is 14.6 Å². The highest BCUT2D eigenvalue weighted by atomic mass is 16.8. The smallest absolute Gasteiger partial charge is 0.172 e. The first-order valence-electron chi connectivity index (χ1n) is 7.68. The Morgan fingerprint density at radius 1 is 1.24 bits per heavy atom. The Morgan fingerprint density at radius 3 is 2.48 bits per heavy atom. The van der Waals surface area contributed by atoms with Gasteiger partial charge in [-0.1, -0.05) is 39.0 Å². The molecule has 1 aromatic rings. The van der Waals surface area contributed by atoms with E-state index in [1.807, 2.05) is 18.2 Å². The molecule has 4 atom stereocenters. The summed E-state index contributed by atoms with van der Waals surface area (Å²) in [7, 11) is 0. The van der Waals surface area contributed by atoms with Gasteiger partial charge in [-0.15, -0.1) is 6.58 Å². The van der Waals surface area contributed by atoms with Crippen molar-refractivity contribution in [2.45, 2.75) is 51.6 Å². The van der Waals surface area contributed by atoms with E-state index in [4.69, 9.17) is 9.47 Å². The number of benzene rings is 1. The number of phenols is 1. The van der Waals surface area contributed by atoms with E-state index in [-0.39, 0.29) is 23.4 Å². The molecule has 0 saturated carbocycles. The van der Waals surface area contributed by atoms with Gasteiger partial charge in [0.05, 0.1) is 0 Å². The molecular weight excluding hydrogens is 264 g/mol. The highest BCUT2D eigenvalue weighted by Crippen LogP contribution is 2.56. The summed E-state index contributed by atoms with van der Waals surface area (Å²) in [5.41, 5.74) is 0.965. The molecular formula is C18H24O3. The van der Waals surface area contributed by atoms with Crippen LogP contribution in [0.25, 0.3) is 0 Å². The van der Waals surface area contributed by atoms with Crippen molar-refractivity contribution in [3.05, 3.63) is 42.5 Å². The van der Waals surface area contributed by atoms with Crippen LogP contribution in [-0.2, 0) is 9.47 Å². The number of rotatable bonds is 3. The predicted octanol–water partition coefficient (Wildman–Crippen LogP) is 4.19. The van der Waals surface area contributed by atoms with Crippen LogP contribution in [0.2, 0.25) is 0 Å². The first-order chi connectivity index (χ1) is 9.90. The summed E-state index contributed by atoms with van der Waals surface area (Å²) in [6, 6.07) is 7.24. The third kappa shape index (κ3) is 2.19. The van der Waals surface area contributed by atoms with Gasteiger partial charge in [-0.05, 0) is 24.1 Å². The molecule has 3 heteroatoms. The zero-order valence-corrected chi connectivity index (χ0v) is 13.0. The lowest BCUT2D eigenvalue weighted by atomic mass is 9.74. The molecule has 2 saturated heterocycles. The number of aromatic hydroxyl groups is 1. The van der Waals surface area contributed by atoms with Gasteiger partial charge >= 0.3 is 0 Å². The van der Waals surface area contributed by atoms with Gasteiger partial charge in [-0.3, -0.25) is 0 Å². The van der Waals surface area contributed by atoms with E-state index < -0.39 is 5.79 Å². The molecule has 21 heavy (non-hydrogen) atoms. The second kappa shape index (κ2) is 4.85. The van der Waals surface area contributed by atoms with Crippen molar-refractivity contribution in [1.82, 2.24) is 0 Å². The fourth-order valence-corrected chi connectivity index (χ4v) is 3.45. The van der Waals surface area contributed by atoms with Gasteiger partial charge in [0.1, 0.15) is 18.0 Å². The third-order valence-corrected chi connectivity index (χ3v) is 5.16. The fourth-order valence-electron chi connectivity index (χ4n) is 3.45. The van der Waals surface area contributed by atoms with Crippen LogP contribution in [0.4, 0.5) is 0 Å². The Bertz CT molecular complexity index is 536. The minimum Gasteiger partial charge on any atom is -0.508 e. The zero-order valence-electron chi connectivity index (χ0n) is 13.0. The van der Waals surface area contributed by atoms with Crippen molar-refractivity contribution >= 4 is 0 Å². The minimum absolute atomic E-state index is 0.0318. The van der Waals surface area contributed by atoms with E-state index in [2.05, 4.69) is 27.4 Å². The van der Waals surface area contributed by atoms with Crippen molar-refractivity contribution in [1.29, 1.82) is 0 Å². The molecule has 2 fully saturated rings. The van der Waals surface area contributed by atoms with Crippen molar-refractivity contribution in [3.63, 3.8) is 0 Å². The van der Waals surface area contributed by atoms with E-state index in [1.165, 1.54) is 0 Å². The number of ether oxygens (including phenoxy) is 2. The fraction of sp³-hybridized carbons (Fsp3) is 0.556. The zero-order chi connectivity index (χ0) is 15.3. The van der Waals surface area contributed by atoms with Crippen molar-refractivity contribution in [2.75, 3.05) is 0 Å². The molecule has 0 unspecified atom stereocenters. The SMILES string of the molecule is C=C[C@]1(C)CC[C@@]2(C(C)C)O[C@H](c3ccc(O)cc3)[C@H]1O2. The van der Waals surface area contributed by atoms with Crippen LogP contribution in [-0.4, -0.2) is 17.0 Å². The summed E-state index contributed by atoms with van der Waals surface area (Å²) >= 11 is 0. The van der Waals surface area contributed by atoms with Gasteiger partial charge in [-0.25, -0.2) is 0 Å². The van der Waals surface area contributed by atoms with Crippen LogP contribution >= 0.6 is 0 Å². The Labute approximate surface area is 126 Å². The molecule has 2 aliphatic heterocycles. The lowest BCUT2D eigenvalue weighted by Gasteiger charge is -2.42. The minimum atomic E-state index is -0.490. The van der Waals surface area contributed by atoms with E-state index >= 15 is 0 Å². The van der Waals surface area contributed by atoms with Crippen LogP contribution in [0.3, 0.4) is 0 Å². The Kier molecular flexibility index (Phi) is 3.38. The molecule has 114 valence electrons. The summed E-state index contributed by atoms with van der Waals surface area (Å²) in [4.78, 5) is 0. The maximum Gasteiger partial charge on any atom is 0.172 e. The van der Waals surface area contributed by atoms with E-state index in [0.29, 0.717) is 5.92 Å². The maximum atomic E-state index is 9.49. The Balaban J connectivity index is 2.00. The summed E-state index contributed by atoms with van der Waals surface area (Å²) < 4.78 is 12.8. The lowest BCUT2D eigenvalue weighted by Crippen LogP contribution is -2.46. The van der Waals surface area contributed by atoms with E-state index in [0.717, 1.165) is 18.4 Å². The number of phenolic OH excluding ortho intramolecular Hbond substituents is 1. The van der Waals surface area contributed by atoms with Gasteiger partial charge in [0.2, 0.25) is 0 Å². The first kappa shape index (κ1) is 14.6. The summed E-state index contributed by atoms with van der Waals surface area (Å²) in [6.07, 6.45) is 3.77. The topological polar surface area (TPSA) is 38.7 Å². The molecule has 0 spiro atoms. The number of hydrogen-bond acceptors (Lipinski definition) is 3. The molecule has 2 aliphatic rings. The molecule has 0 aromatic heterocycles. The van der Waals surface area contributed by atoms with Gasteiger partial charge in [0.25, 0.3) is 0 Å². The average Bonchev–Trinajstić information content (AvgIpc) is 2.82. The highest BCUT2D eigenvalue weighted by Gasteiger charge is 2.59. The van der Waals surface area contributed by atoms with Crippen molar-refractivity contribution in [2.24, 2.45) is 11.3 Å². The lowest BCUT2D eigenvalue weighted by molar-refractivity contribution is -0.235. The summed E-state index contributed by atoms with van der Waals surface area (Å²) in [5.74, 6) is 0.0811. The molecule has 2 bridgehead atoms. The Morgan fingerprint density at radius 2 is 1.90 bits per heavy atom. The monoisotopic (exact) mass is 288 g/mol. The summed E-state index contributed by atoms with van der Waals surface area (Å²) in [6.45, 7) is 10.5. The normalized spacial score (nSPS) is 38.7. The first-order valence-corrected chi connectivity index (χ1v) is 7.68. The van der Waals surface area contributed by atoms with Gasteiger partial charge in [0, 0.05) is 17.8 Å². The van der Waals surface area contributed by atoms with Gasteiger partial charge < -0.3 is 14.6 Å². The molecule has 3 nitrogen and oxygen atoms in total. The number of fused-ring (bicyclic) bond motifs is 2. The summed E-state index contributed by atoms with van der Waals surface area (Å²) in [5, 5.41) is 9.49. The van der Waals surface area contributed by atoms with Crippen LogP contribution in [0.15, 0.2) is 36.9 Å². The quantitative estimate of drug-likeness (QED) is 0.848. The van der Waals surface area contributed by atoms with Crippen LogP contribution in [0.1, 0.15) is 45.3 Å². The third-order valence-electron chi connectivity index (χ3n) is 5.16. The van der Waals surface area contributed by atoms with E-state index in [1.54, 1.807) is 12.1 Å². The second-order valence-corrected chi connectivity index (χ2v) is 6.84. The number of hydrogen-bond donors (Lipinski definition) is 1. The van der Waals surface area contributed by atoms with E-state index in [9.17, 15) is 5.11 Å². The van der Waals surface area contributed by atoms with Gasteiger partial charge in [0.15, 0.2) is 5.79 Å². The van der Waals surface area contributed by atoms with Crippen LogP contribution in [0, 0.1) is 11.3 Å². The largest absolute Gasteiger partial charge is 0.508 e. The molecule has 3 rings (SSSR count). The maximum absolute atomic E-state index is 9.49.